The van der Waals surface area contributed by atoms with Crippen molar-refractivity contribution in [1.29, 1.82) is 0 Å². The van der Waals surface area contributed by atoms with Crippen LogP contribution in [-0.4, -0.2) is 16.5 Å². The van der Waals surface area contributed by atoms with Crippen LogP contribution in [0.1, 0.15) is 71.6 Å². The minimum Gasteiger partial charge on any atom is -0.378 e. The van der Waals surface area contributed by atoms with Crippen LogP contribution in [-0.2, 0) is 4.79 Å². The first-order valence-corrected chi connectivity index (χ1v) is 9.56. The smallest absolute Gasteiger partial charge is 0.139 e. The molecule has 0 amide bonds. The van der Waals surface area contributed by atoms with E-state index < -0.39 is 5.60 Å². The first-order chi connectivity index (χ1) is 10.8. The molecule has 0 saturated heterocycles. The fourth-order valence-electron chi connectivity index (χ4n) is 7.15. The van der Waals surface area contributed by atoms with Gasteiger partial charge < -0.3 is 5.11 Å². The molecule has 0 unspecified atom stereocenters. The van der Waals surface area contributed by atoms with Gasteiger partial charge in [-0.05, 0) is 80.5 Å². The van der Waals surface area contributed by atoms with Gasteiger partial charge in [0.15, 0.2) is 0 Å². The molecule has 0 heterocycles. The van der Waals surface area contributed by atoms with Crippen LogP contribution in [0.5, 0.6) is 0 Å². The Balaban J connectivity index is 1.62. The molecule has 0 aromatic carbocycles. The summed E-state index contributed by atoms with van der Waals surface area (Å²) in [6.07, 6.45) is 14.8. The summed E-state index contributed by atoms with van der Waals surface area (Å²) in [5.74, 6) is 5.81. The van der Waals surface area contributed by atoms with Crippen LogP contribution in [0.2, 0.25) is 0 Å². The molecule has 2 nitrogen and oxygen atoms in total. The molecule has 7 atom stereocenters. The normalized spacial score (nSPS) is 55.5. The fraction of sp³-hybridized carbons (Fsp3) is 0.857. The highest BCUT2D eigenvalue weighted by atomic mass is 16.3. The lowest BCUT2D eigenvalue weighted by atomic mass is 9.44. The van der Waals surface area contributed by atoms with Crippen LogP contribution in [0.3, 0.4) is 0 Å². The molecule has 0 aliphatic heterocycles. The molecule has 0 bridgehead atoms. The standard InChI is InChI=1S/C21H30O2/c1-4-21(23)12-11-19(2)14(13-21)5-6-15-16-7-8-18(22)20(16,3)10-9-17(15)19/h1,14-17,23H,5-13H2,2-3H3/t14-,15+,16+,17+,19+,20+,21+/m1/s1. The number of hydrogen-bond acceptors (Lipinski definition) is 2. The predicted molar refractivity (Wildman–Crippen MR) is 90.5 cm³/mol. The summed E-state index contributed by atoms with van der Waals surface area (Å²) >= 11 is 0. The number of ketones is 1. The molecule has 126 valence electrons. The van der Waals surface area contributed by atoms with Gasteiger partial charge in [0.05, 0.1) is 0 Å². The summed E-state index contributed by atoms with van der Waals surface area (Å²) < 4.78 is 0. The third-order valence-corrected chi connectivity index (χ3v) is 8.70. The molecule has 0 aromatic rings. The lowest BCUT2D eigenvalue weighted by molar-refractivity contribution is -0.146. The van der Waals surface area contributed by atoms with Crippen molar-refractivity contribution < 1.29 is 9.90 Å². The minimum atomic E-state index is -0.872. The van der Waals surface area contributed by atoms with Gasteiger partial charge in [0.1, 0.15) is 11.4 Å². The van der Waals surface area contributed by atoms with Crippen molar-refractivity contribution in [3.05, 3.63) is 0 Å². The van der Waals surface area contributed by atoms with E-state index in [0.29, 0.717) is 23.0 Å². The van der Waals surface area contributed by atoms with Gasteiger partial charge in [-0.3, -0.25) is 4.79 Å². The maximum atomic E-state index is 12.4. The van der Waals surface area contributed by atoms with Crippen molar-refractivity contribution in [2.75, 3.05) is 0 Å². The number of aliphatic hydroxyl groups is 1. The van der Waals surface area contributed by atoms with Crippen molar-refractivity contribution >= 4 is 5.78 Å². The molecule has 4 fully saturated rings. The largest absolute Gasteiger partial charge is 0.378 e. The number of hydrogen-bond donors (Lipinski definition) is 1. The summed E-state index contributed by atoms with van der Waals surface area (Å²) in [5.41, 5.74) is -0.582. The van der Waals surface area contributed by atoms with Gasteiger partial charge in [0, 0.05) is 11.8 Å². The van der Waals surface area contributed by atoms with Gasteiger partial charge in [0.2, 0.25) is 0 Å². The Labute approximate surface area is 140 Å². The maximum Gasteiger partial charge on any atom is 0.139 e. The average molecular weight is 314 g/mol. The van der Waals surface area contributed by atoms with E-state index in [9.17, 15) is 9.90 Å². The zero-order valence-electron chi connectivity index (χ0n) is 14.6. The van der Waals surface area contributed by atoms with E-state index in [0.717, 1.165) is 50.4 Å². The zero-order valence-corrected chi connectivity index (χ0v) is 14.6. The van der Waals surface area contributed by atoms with Crippen molar-refractivity contribution in [2.24, 2.45) is 34.5 Å². The van der Waals surface area contributed by atoms with Crippen molar-refractivity contribution in [1.82, 2.24) is 0 Å². The molecule has 23 heavy (non-hydrogen) atoms. The third kappa shape index (κ3) is 2.02. The average Bonchev–Trinajstić information content (AvgIpc) is 2.84. The molecular weight excluding hydrogens is 284 g/mol. The molecule has 4 rings (SSSR count). The Bertz CT molecular complexity index is 575. The van der Waals surface area contributed by atoms with Crippen LogP contribution in [0.4, 0.5) is 0 Å². The lowest BCUT2D eigenvalue weighted by Crippen LogP contribution is -2.55. The van der Waals surface area contributed by atoms with Gasteiger partial charge in [-0.25, -0.2) is 0 Å². The fourth-order valence-corrected chi connectivity index (χ4v) is 7.15. The number of Topliss-reactive ketones (excluding diaryl/α,β-unsaturated/α-hetero) is 1. The summed E-state index contributed by atoms with van der Waals surface area (Å²) in [5, 5.41) is 10.6. The SMILES string of the molecule is C#C[C@]1(O)CC[C@@]2(C)[C@H](CC[C@@H]3[C@@H]2CC[C@]2(C)C(=O)CC[C@@H]32)C1. The molecule has 0 aromatic heterocycles. The Morgan fingerprint density at radius 1 is 1.09 bits per heavy atom. The van der Waals surface area contributed by atoms with Gasteiger partial charge in [-0.2, -0.15) is 0 Å². The molecule has 2 heteroatoms. The molecule has 4 aliphatic rings. The van der Waals surface area contributed by atoms with Crippen molar-refractivity contribution in [3.8, 4) is 12.3 Å². The highest BCUT2D eigenvalue weighted by molar-refractivity contribution is 5.87. The van der Waals surface area contributed by atoms with Crippen LogP contribution in [0.25, 0.3) is 0 Å². The number of carbonyl (C=O) groups is 1. The molecule has 4 aliphatic carbocycles. The summed E-state index contributed by atoms with van der Waals surface area (Å²) in [7, 11) is 0. The molecule has 1 N–H and O–H groups in total. The molecule has 0 radical (unpaired) electrons. The highest BCUT2D eigenvalue weighted by Crippen LogP contribution is 2.66. The van der Waals surface area contributed by atoms with Crippen LogP contribution < -0.4 is 0 Å². The second kappa shape index (κ2) is 4.85. The number of fused-ring (bicyclic) bond motifs is 5. The van der Waals surface area contributed by atoms with Gasteiger partial charge in [-0.1, -0.05) is 19.8 Å². The molecule has 4 saturated carbocycles. The van der Waals surface area contributed by atoms with Gasteiger partial charge in [0.25, 0.3) is 0 Å². The Morgan fingerprint density at radius 3 is 2.61 bits per heavy atom. The van der Waals surface area contributed by atoms with Gasteiger partial charge >= 0.3 is 0 Å². The van der Waals surface area contributed by atoms with Crippen LogP contribution in [0.15, 0.2) is 0 Å². The third-order valence-electron chi connectivity index (χ3n) is 8.70. The van der Waals surface area contributed by atoms with E-state index in [1.165, 1.54) is 19.3 Å². The van der Waals surface area contributed by atoms with E-state index in [1.54, 1.807) is 0 Å². The number of rotatable bonds is 0. The Kier molecular flexibility index (Phi) is 3.31. The van der Waals surface area contributed by atoms with E-state index in [-0.39, 0.29) is 5.41 Å². The highest BCUT2D eigenvalue weighted by Gasteiger charge is 2.61. The van der Waals surface area contributed by atoms with E-state index in [4.69, 9.17) is 6.42 Å². The maximum absolute atomic E-state index is 12.4. The topological polar surface area (TPSA) is 37.3 Å². The van der Waals surface area contributed by atoms with Crippen molar-refractivity contribution in [2.45, 2.75) is 77.2 Å². The minimum absolute atomic E-state index is 0.0292. The molecular formula is C21H30O2. The summed E-state index contributed by atoms with van der Waals surface area (Å²) in [4.78, 5) is 12.4. The number of carbonyl (C=O) groups excluding carboxylic acids is 1. The number of terminal acetylenes is 1. The molecule has 0 spiro atoms. The monoisotopic (exact) mass is 314 g/mol. The quantitative estimate of drug-likeness (QED) is 0.687. The summed E-state index contributed by atoms with van der Waals surface area (Å²) in [6.45, 7) is 4.71. The summed E-state index contributed by atoms with van der Waals surface area (Å²) in [6, 6.07) is 0. The Hall–Kier alpha value is -0.810. The predicted octanol–water partition coefficient (Wildman–Crippen LogP) is 3.96. The first-order valence-electron chi connectivity index (χ1n) is 9.56. The first kappa shape index (κ1) is 15.7. The van der Waals surface area contributed by atoms with Crippen molar-refractivity contribution in [3.63, 3.8) is 0 Å². The van der Waals surface area contributed by atoms with E-state index in [2.05, 4.69) is 19.8 Å². The van der Waals surface area contributed by atoms with Crippen LogP contribution in [0, 0.1) is 46.8 Å². The lowest BCUT2D eigenvalue weighted by Gasteiger charge is -2.60. The second-order valence-corrected chi connectivity index (χ2v) is 9.45. The van der Waals surface area contributed by atoms with E-state index in [1.807, 2.05) is 0 Å². The van der Waals surface area contributed by atoms with E-state index >= 15 is 0 Å². The second-order valence-electron chi connectivity index (χ2n) is 9.45. The van der Waals surface area contributed by atoms with Gasteiger partial charge in [-0.15, -0.1) is 6.42 Å². The Morgan fingerprint density at radius 2 is 1.87 bits per heavy atom. The van der Waals surface area contributed by atoms with Crippen LogP contribution >= 0.6 is 0 Å². The zero-order chi connectivity index (χ0) is 16.5.